The molecule has 1 rings (SSSR count). The summed E-state index contributed by atoms with van der Waals surface area (Å²) in [5.41, 5.74) is 0. The summed E-state index contributed by atoms with van der Waals surface area (Å²) in [6.45, 7) is 1.27. The second-order valence-corrected chi connectivity index (χ2v) is 4.37. The van der Waals surface area contributed by atoms with Crippen molar-refractivity contribution in [3.05, 3.63) is 0 Å². The zero-order valence-electron chi connectivity index (χ0n) is 8.39. The van der Waals surface area contributed by atoms with Gasteiger partial charge in [-0.1, -0.05) is 12.8 Å². The van der Waals surface area contributed by atoms with E-state index < -0.39 is 6.43 Å². The normalized spacial score (nSPS) is 18.6. The van der Waals surface area contributed by atoms with Crippen LogP contribution in [0.25, 0.3) is 0 Å². The summed E-state index contributed by atoms with van der Waals surface area (Å²) in [6, 6.07) is 0. The molecule has 0 saturated heterocycles. The molecule has 0 bridgehead atoms. The Kier molecular flexibility index (Phi) is 5.71. The van der Waals surface area contributed by atoms with E-state index in [0.29, 0.717) is 18.3 Å². The monoisotopic (exact) mass is 225 g/mol. The molecule has 84 valence electrons. The molecule has 0 aromatic carbocycles. The largest absolute Gasteiger partial charge is 0.296 e. The van der Waals surface area contributed by atoms with E-state index in [9.17, 15) is 8.78 Å². The molecule has 0 spiro atoms. The Hall–Kier alpha value is 0.110. The van der Waals surface area contributed by atoms with E-state index in [0.717, 1.165) is 6.54 Å². The molecule has 0 atom stereocenters. The summed E-state index contributed by atoms with van der Waals surface area (Å²) in [4.78, 5) is 1.80. The number of hydrogen-bond donors (Lipinski definition) is 0. The highest BCUT2D eigenvalue weighted by Gasteiger charge is 2.20. The highest BCUT2D eigenvalue weighted by Crippen LogP contribution is 2.25. The fourth-order valence-corrected chi connectivity index (χ4v) is 2.37. The molecule has 1 aliphatic carbocycles. The maximum Gasteiger partial charge on any atom is 0.251 e. The summed E-state index contributed by atoms with van der Waals surface area (Å²) in [6.07, 6.45) is 2.67. The van der Waals surface area contributed by atoms with Gasteiger partial charge in [-0.15, -0.1) is 11.6 Å². The fourth-order valence-electron chi connectivity index (χ4n) is 2.13. The van der Waals surface area contributed by atoms with Gasteiger partial charge in [0.1, 0.15) is 0 Å². The number of nitrogens with zero attached hydrogens (tertiary/aromatic N) is 1. The van der Waals surface area contributed by atoms with Crippen LogP contribution in [-0.4, -0.2) is 36.8 Å². The van der Waals surface area contributed by atoms with Gasteiger partial charge in [-0.3, -0.25) is 4.90 Å². The van der Waals surface area contributed by atoms with E-state index in [4.69, 9.17) is 11.6 Å². The molecule has 1 nitrogen and oxygen atoms in total. The average molecular weight is 226 g/mol. The number of alkyl halides is 3. The Morgan fingerprint density at radius 3 is 2.43 bits per heavy atom. The van der Waals surface area contributed by atoms with E-state index >= 15 is 0 Å². The first-order valence-electron chi connectivity index (χ1n) is 5.29. The Bertz CT molecular complexity index is 149. The van der Waals surface area contributed by atoms with Crippen molar-refractivity contribution in [1.29, 1.82) is 0 Å². The van der Waals surface area contributed by atoms with E-state index in [1.54, 1.807) is 4.90 Å². The second kappa shape index (κ2) is 6.57. The highest BCUT2D eigenvalue weighted by molar-refractivity contribution is 6.18. The van der Waals surface area contributed by atoms with Gasteiger partial charge in [-0.25, -0.2) is 8.78 Å². The molecule has 0 aromatic heterocycles. The van der Waals surface area contributed by atoms with Crippen LogP contribution in [0.2, 0.25) is 0 Å². The summed E-state index contributed by atoms with van der Waals surface area (Å²) in [5, 5.41) is 0. The lowest BCUT2D eigenvalue weighted by atomic mass is 10.1. The summed E-state index contributed by atoms with van der Waals surface area (Å²) >= 11 is 5.58. The zero-order valence-corrected chi connectivity index (χ0v) is 9.15. The van der Waals surface area contributed by atoms with Gasteiger partial charge < -0.3 is 0 Å². The number of rotatable bonds is 6. The van der Waals surface area contributed by atoms with Crippen molar-refractivity contribution in [3.63, 3.8) is 0 Å². The third-order valence-electron chi connectivity index (χ3n) is 2.79. The minimum Gasteiger partial charge on any atom is -0.296 e. The molecule has 0 aliphatic heterocycles. The standard InChI is InChI=1S/C10H18ClF2N/c11-5-6-14(8-10(12)13)7-9-3-1-2-4-9/h9-10H,1-8H2. The van der Waals surface area contributed by atoms with Crippen molar-refractivity contribution in [3.8, 4) is 0 Å². The number of hydrogen-bond acceptors (Lipinski definition) is 1. The summed E-state index contributed by atoms with van der Waals surface area (Å²) in [7, 11) is 0. The van der Waals surface area contributed by atoms with Gasteiger partial charge in [0.05, 0.1) is 6.54 Å². The Labute approximate surface area is 89.4 Å². The van der Waals surface area contributed by atoms with Crippen LogP contribution in [0.4, 0.5) is 8.78 Å². The minimum absolute atomic E-state index is 0.122. The predicted molar refractivity (Wildman–Crippen MR) is 55.1 cm³/mol. The van der Waals surface area contributed by atoms with Gasteiger partial charge in [0, 0.05) is 19.0 Å². The molecule has 4 heteroatoms. The molecule has 1 fully saturated rings. The maximum absolute atomic E-state index is 12.2. The third-order valence-corrected chi connectivity index (χ3v) is 2.96. The van der Waals surface area contributed by atoms with E-state index in [1.807, 2.05) is 0 Å². The summed E-state index contributed by atoms with van der Waals surface area (Å²) < 4.78 is 24.4. The van der Waals surface area contributed by atoms with Crippen molar-refractivity contribution in [2.24, 2.45) is 5.92 Å². The van der Waals surface area contributed by atoms with Gasteiger partial charge in [-0.2, -0.15) is 0 Å². The summed E-state index contributed by atoms with van der Waals surface area (Å²) in [5.74, 6) is 1.07. The third kappa shape index (κ3) is 4.56. The SMILES string of the molecule is FC(F)CN(CCCl)CC1CCCC1. The van der Waals surface area contributed by atoms with Crippen molar-refractivity contribution in [1.82, 2.24) is 4.90 Å². The van der Waals surface area contributed by atoms with Gasteiger partial charge in [0.15, 0.2) is 0 Å². The molecule has 0 N–H and O–H groups in total. The molecule has 0 unspecified atom stereocenters. The highest BCUT2D eigenvalue weighted by atomic mass is 35.5. The molecule has 1 saturated carbocycles. The van der Waals surface area contributed by atoms with E-state index in [2.05, 4.69) is 0 Å². The van der Waals surface area contributed by atoms with Crippen LogP contribution in [0.15, 0.2) is 0 Å². The molecular weight excluding hydrogens is 208 g/mol. The molecule has 0 heterocycles. The lowest BCUT2D eigenvalue weighted by Gasteiger charge is -2.24. The Morgan fingerprint density at radius 1 is 1.29 bits per heavy atom. The van der Waals surface area contributed by atoms with E-state index in [1.165, 1.54) is 25.7 Å². The smallest absolute Gasteiger partial charge is 0.251 e. The molecular formula is C10H18ClF2N. The van der Waals surface area contributed by atoms with Crippen LogP contribution >= 0.6 is 11.6 Å². The minimum atomic E-state index is -2.24. The van der Waals surface area contributed by atoms with Crippen LogP contribution in [0.1, 0.15) is 25.7 Å². The molecule has 14 heavy (non-hydrogen) atoms. The van der Waals surface area contributed by atoms with Crippen LogP contribution in [-0.2, 0) is 0 Å². The van der Waals surface area contributed by atoms with Gasteiger partial charge in [-0.05, 0) is 18.8 Å². The van der Waals surface area contributed by atoms with Crippen LogP contribution in [0, 0.1) is 5.92 Å². The first-order chi connectivity index (χ1) is 6.72. The van der Waals surface area contributed by atoms with E-state index in [-0.39, 0.29) is 6.54 Å². The number of halogens is 3. The molecule has 1 aliphatic rings. The van der Waals surface area contributed by atoms with Crippen molar-refractivity contribution in [2.75, 3.05) is 25.5 Å². The molecule has 0 aromatic rings. The van der Waals surface area contributed by atoms with Crippen molar-refractivity contribution >= 4 is 11.6 Å². The topological polar surface area (TPSA) is 3.24 Å². The Balaban J connectivity index is 2.25. The zero-order chi connectivity index (χ0) is 10.4. The van der Waals surface area contributed by atoms with Gasteiger partial charge in [0.25, 0.3) is 6.43 Å². The second-order valence-electron chi connectivity index (χ2n) is 3.99. The lowest BCUT2D eigenvalue weighted by molar-refractivity contribution is 0.0835. The van der Waals surface area contributed by atoms with Crippen molar-refractivity contribution in [2.45, 2.75) is 32.1 Å². The van der Waals surface area contributed by atoms with Crippen LogP contribution in [0.3, 0.4) is 0 Å². The predicted octanol–water partition coefficient (Wildman–Crippen LogP) is 2.98. The van der Waals surface area contributed by atoms with Crippen LogP contribution in [0.5, 0.6) is 0 Å². The van der Waals surface area contributed by atoms with Gasteiger partial charge in [0.2, 0.25) is 0 Å². The fraction of sp³-hybridized carbons (Fsp3) is 1.00. The van der Waals surface area contributed by atoms with Gasteiger partial charge >= 0.3 is 0 Å². The van der Waals surface area contributed by atoms with Crippen LogP contribution < -0.4 is 0 Å². The first kappa shape index (κ1) is 12.2. The first-order valence-corrected chi connectivity index (χ1v) is 5.82. The lowest BCUT2D eigenvalue weighted by Crippen LogP contribution is -2.34. The molecule has 0 radical (unpaired) electrons. The van der Waals surface area contributed by atoms with Crippen molar-refractivity contribution < 1.29 is 8.78 Å². The Morgan fingerprint density at radius 2 is 1.93 bits per heavy atom. The quantitative estimate of drug-likeness (QED) is 0.629. The maximum atomic E-state index is 12.2. The average Bonchev–Trinajstić information content (AvgIpc) is 2.56. The molecule has 0 amide bonds.